The minimum absolute atomic E-state index is 0.257. The third-order valence-corrected chi connectivity index (χ3v) is 5.67. The lowest BCUT2D eigenvalue weighted by Crippen LogP contribution is -2.45. The topological polar surface area (TPSA) is 29.5 Å². The molecule has 3 heteroatoms. The van der Waals surface area contributed by atoms with Crippen LogP contribution >= 0.6 is 0 Å². The van der Waals surface area contributed by atoms with E-state index in [1.807, 2.05) is 18.2 Å². The lowest BCUT2D eigenvalue weighted by molar-refractivity contribution is -0.125. The quantitative estimate of drug-likeness (QED) is 0.629. The first kappa shape index (κ1) is 18.0. The molecule has 0 aliphatic carbocycles. The Morgan fingerprint density at radius 1 is 1.20 bits per heavy atom. The van der Waals surface area contributed by atoms with E-state index in [0.29, 0.717) is 11.7 Å². The number of ketones is 1. The Balaban J connectivity index is 1.59. The van der Waals surface area contributed by atoms with E-state index < -0.39 is 0 Å². The predicted molar refractivity (Wildman–Crippen MR) is 103 cm³/mol. The molecular weight excluding hydrogens is 310 g/mol. The van der Waals surface area contributed by atoms with Crippen molar-refractivity contribution in [3.05, 3.63) is 35.5 Å². The second-order valence-corrected chi connectivity index (χ2v) is 7.45. The van der Waals surface area contributed by atoms with Crippen molar-refractivity contribution < 1.29 is 9.53 Å². The molecule has 0 amide bonds. The number of hydrogen-bond donors (Lipinski definition) is 0. The van der Waals surface area contributed by atoms with Gasteiger partial charge < -0.3 is 9.64 Å². The van der Waals surface area contributed by atoms with Crippen molar-refractivity contribution in [1.29, 1.82) is 0 Å². The van der Waals surface area contributed by atoms with Gasteiger partial charge in [-0.2, -0.15) is 0 Å². The van der Waals surface area contributed by atoms with Crippen molar-refractivity contribution in [1.82, 2.24) is 4.90 Å². The van der Waals surface area contributed by atoms with Crippen molar-refractivity contribution in [3.63, 3.8) is 0 Å². The number of benzene rings is 1. The molecule has 3 aliphatic heterocycles. The lowest BCUT2D eigenvalue weighted by Gasteiger charge is -2.41. The minimum Gasteiger partial charge on any atom is -0.493 e. The Labute approximate surface area is 152 Å². The highest BCUT2D eigenvalue weighted by atomic mass is 16.5. The number of carbonyl (C=O) groups is 1. The summed E-state index contributed by atoms with van der Waals surface area (Å²) in [6.45, 7) is 7.33. The van der Waals surface area contributed by atoms with Crippen molar-refractivity contribution in [2.45, 2.75) is 52.4 Å². The number of fused-ring (bicyclic) bond motifs is 3. The van der Waals surface area contributed by atoms with Gasteiger partial charge >= 0.3 is 0 Å². The van der Waals surface area contributed by atoms with E-state index in [9.17, 15) is 4.79 Å². The van der Waals surface area contributed by atoms with Gasteiger partial charge in [0, 0.05) is 19.0 Å². The smallest absolute Gasteiger partial charge is 0.182 e. The molecule has 136 valence electrons. The van der Waals surface area contributed by atoms with Gasteiger partial charge in [-0.15, -0.1) is 0 Å². The summed E-state index contributed by atoms with van der Waals surface area (Å²) >= 11 is 0. The lowest BCUT2D eigenvalue weighted by atomic mass is 9.84. The fraction of sp³-hybridized carbons (Fsp3) is 0.591. The van der Waals surface area contributed by atoms with E-state index in [0.717, 1.165) is 49.5 Å². The standard InChI is InChI=1S/C22H31NO2/c1-3-5-6-17(4-2)16-25-20-9-7-18(8-10-20)15-21-22(24)19-11-13-23(21)14-12-19/h7-10,15,17,19H,3-6,11-14,16H2,1-2H3/b21-15-. The zero-order valence-electron chi connectivity index (χ0n) is 15.7. The first-order chi connectivity index (χ1) is 12.2. The van der Waals surface area contributed by atoms with Gasteiger partial charge in [0.1, 0.15) is 5.75 Å². The largest absolute Gasteiger partial charge is 0.493 e. The van der Waals surface area contributed by atoms with E-state index in [1.54, 1.807) is 0 Å². The number of carbonyl (C=O) groups excluding carboxylic acids is 1. The van der Waals surface area contributed by atoms with E-state index in [-0.39, 0.29) is 5.92 Å². The molecule has 3 aliphatic rings. The highest BCUT2D eigenvalue weighted by molar-refractivity contribution is 6.01. The Morgan fingerprint density at radius 2 is 1.92 bits per heavy atom. The Bertz CT molecular complexity index is 597. The average Bonchev–Trinajstić information content (AvgIpc) is 2.66. The van der Waals surface area contributed by atoms with Gasteiger partial charge in [0.2, 0.25) is 0 Å². The van der Waals surface area contributed by atoms with Crippen LogP contribution < -0.4 is 4.74 Å². The highest BCUT2D eigenvalue weighted by Crippen LogP contribution is 2.32. The van der Waals surface area contributed by atoms with Crippen LogP contribution in [0.2, 0.25) is 0 Å². The van der Waals surface area contributed by atoms with Crippen molar-refractivity contribution in [2.24, 2.45) is 11.8 Å². The average molecular weight is 341 g/mol. The number of rotatable bonds is 8. The first-order valence-corrected chi connectivity index (χ1v) is 9.95. The summed E-state index contributed by atoms with van der Waals surface area (Å²) in [5.74, 6) is 2.16. The zero-order chi connectivity index (χ0) is 17.6. The van der Waals surface area contributed by atoms with Crippen LogP contribution in [0.15, 0.2) is 30.0 Å². The SMILES string of the molecule is CCCCC(CC)COc1ccc(/C=C2/C(=O)C3CCN2CC3)cc1. The van der Waals surface area contributed by atoms with Crippen LogP contribution in [0.1, 0.15) is 57.9 Å². The van der Waals surface area contributed by atoms with Crippen LogP contribution in [0, 0.1) is 11.8 Å². The third-order valence-electron chi connectivity index (χ3n) is 5.67. The Morgan fingerprint density at radius 3 is 2.52 bits per heavy atom. The van der Waals surface area contributed by atoms with Gasteiger partial charge in [0.05, 0.1) is 12.3 Å². The Kier molecular flexibility index (Phi) is 6.17. The van der Waals surface area contributed by atoms with Crippen LogP contribution in [0.4, 0.5) is 0 Å². The molecule has 3 fully saturated rings. The fourth-order valence-electron chi connectivity index (χ4n) is 3.84. The maximum absolute atomic E-state index is 12.4. The number of hydrogen-bond acceptors (Lipinski definition) is 3. The molecule has 25 heavy (non-hydrogen) atoms. The molecule has 0 N–H and O–H groups in total. The molecular formula is C22H31NO2. The molecule has 3 nitrogen and oxygen atoms in total. The van der Waals surface area contributed by atoms with Crippen LogP contribution in [0.3, 0.4) is 0 Å². The van der Waals surface area contributed by atoms with E-state index in [2.05, 4.69) is 30.9 Å². The molecule has 0 aromatic heterocycles. The van der Waals surface area contributed by atoms with Crippen molar-refractivity contribution in [3.8, 4) is 5.75 Å². The molecule has 1 unspecified atom stereocenters. The second-order valence-electron chi connectivity index (χ2n) is 7.45. The summed E-state index contributed by atoms with van der Waals surface area (Å²) < 4.78 is 5.97. The maximum Gasteiger partial charge on any atom is 0.182 e. The number of allylic oxidation sites excluding steroid dienone is 1. The molecule has 1 aromatic carbocycles. The molecule has 4 rings (SSSR count). The third kappa shape index (κ3) is 4.45. The van der Waals surface area contributed by atoms with E-state index in [1.165, 1.54) is 25.7 Å². The number of Topliss-reactive ketones (excluding diaryl/α,β-unsaturated/α-hetero) is 1. The van der Waals surface area contributed by atoms with Crippen LogP contribution in [0.25, 0.3) is 6.08 Å². The maximum atomic E-state index is 12.4. The van der Waals surface area contributed by atoms with Gasteiger partial charge in [-0.3, -0.25) is 4.79 Å². The van der Waals surface area contributed by atoms with Gasteiger partial charge in [-0.1, -0.05) is 45.2 Å². The van der Waals surface area contributed by atoms with E-state index in [4.69, 9.17) is 4.74 Å². The van der Waals surface area contributed by atoms with Crippen molar-refractivity contribution >= 4 is 11.9 Å². The highest BCUT2D eigenvalue weighted by Gasteiger charge is 2.36. The zero-order valence-corrected chi connectivity index (χ0v) is 15.7. The predicted octanol–water partition coefficient (Wildman–Crippen LogP) is 4.92. The summed E-state index contributed by atoms with van der Waals surface area (Å²) in [4.78, 5) is 14.7. The first-order valence-electron chi connectivity index (χ1n) is 9.95. The summed E-state index contributed by atoms with van der Waals surface area (Å²) in [6.07, 6.45) is 9.04. The molecule has 3 heterocycles. The molecule has 0 radical (unpaired) electrons. The minimum atomic E-state index is 0.257. The molecule has 3 saturated heterocycles. The molecule has 1 aromatic rings. The summed E-state index contributed by atoms with van der Waals surface area (Å²) in [5.41, 5.74) is 1.99. The van der Waals surface area contributed by atoms with Gasteiger partial charge in [0.15, 0.2) is 5.78 Å². The van der Waals surface area contributed by atoms with Gasteiger partial charge in [-0.05, 0) is 49.0 Å². The molecule has 1 atom stereocenters. The van der Waals surface area contributed by atoms with Gasteiger partial charge in [0.25, 0.3) is 0 Å². The molecule has 0 spiro atoms. The summed E-state index contributed by atoms with van der Waals surface area (Å²) in [7, 11) is 0. The number of nitrogens with zero attached hydrogens (tertiary/aromatic N) is 1. The number of piperidine rings is 3. The van der Waals surface area contributed by atoms with Crippen LogP contribution in [-0.4, -0.2) is 30.4 Å². The number of unbranched alkanes of at least 4 members (excludes halogenated alkanes) is 1. The molecule has 2 bridgehead atoms. The normalized spacial score (nSPS) is 20.3. The number of ether oxygens (including phenoxy) is 1. The summed E-state index contributed by atoms with van der Waals surface area (Å²) in [6, 6.07) is 8.18. The Hall–Kier alpha value is -1.77. The van der Waals surface area contributed by atoms with Crippen LogP contribution in [0.5, 0.6) is 5.75 Å². The van der Waals surface area contributed by atoms with Crippen LogP contribution in [-0.2, 0) is 4.79 Å². The van der Waals surface area contributed by atoms with Gasteiger partial charge in [-0.25, -0.2) is 0 Å². The summed E-state index contributed by atoms with van der Waals surface area (Å²) in [5, 5.41) is 0. The second kappa shape index (κ2) is 8.55. The van der Waals surface area contributed by atoms with E-state index >= 15 is 0 Å². The van der Waals surface area contributed by atoms with Crippen molar-refractivity contribution in [2.75, 3.05) is 19.7 Å². The fourth-order valence-corrected chi connectivity index (χ4v) is 3.84. The molecule has 0 saturated carbocycles. The monoisotopic (exact) mass is 341 g/mol.